The summed E-state index contributed by atoms with van der Waals surface area (Å²) in [6.07, 6.45) is 1.41. The van der Waals surface area contributed by atoms with Crippen LogP contribution in [0, 0.1) is 0 Å². The molecule has 2 bridgehead atoms. The van der Waals surface area contributed by atoms with Crippen molar-refractivity contribution >= 4 is 12.0 Å². The SMILES string of the molecule is C=CCN1CC[C@]23c4c5ccc(O)c4O[C@H]2[C@H](N(CC(c2ccccc2)c2ccccc2)C(=O)C=Cc2cccc(C(F)(F)F)c2)CC[C@@]3(O)[C@H]1C5. The van der Waals surface area contributed by atoms with Crippen LogP contribution in [-0.4, -0.2) is 69.3 Å². The zero-order valence-corrected chi connectivity index (χ0v) is 28.7. The molecule has 8 rings (SSSR count). The molecule has 4 aromatic rings. The van der Waals surface area contributed by atoms with Crippen LogP contribution in [0.5, 0.6) is 11.5 Å². The molecule has 1 amide bonds. The second-order valence-electron chi connectivity index (χ2n) is 14.6. The Labute approximate surface area is 301 Å². The lowest BCUT2D eigenvalue weighted by Gasteiger charge is -2.64. The van der Waals surface area contributed by atoms with E-state index in [4.69, 9.17) is 4.74 Å². The fraction of sp³-hybridized carbons (Fsp3) is 0.326. The van der Waals surface area contributed by atoms with Gasteiger partial charge in [0, 0.05) is 36.7 Å². The summed E-state index contributed by atoms with van der Waals surface area (Å²) in [4.78, 5) is 18.8. The van der Waals surface area contributed by atoms with Gasteiger partial charge in [-0.25, -0.2) is 0 Å². The van der Waals surface area contributed by atoms with E-state index in [1.54, 1.807) is 17.0 Å². The molecule has 2 aliphatic heterocycles. The number of phenolic OH excluding ortho intramolecular Hbond substituents is 1. The Morgan fingerprint density at radius 1 is 1.00 bits per heavy atom. The summed E-state index contributed by atoms with van der Waals surface area (Å²) in [6, 6.07) is 27.6. The minimum Gasteiger partial charge on any atom is -0.504 e. The molecule has 5 atom stereocenters. The van der Waals surface area contributed by atoms with Gasteiger partial charge in [-0.3, -0.25) is 9.69 Å². The molecule has 268 valence electrons. The van der Waals surface area contributed by atoms with Crippen molar-refractivity contribution in [2.75, 3.05) is 19.6 Å². The first-order chi connectivity index (χ1) is 25.0. The van der Waals surface area contributed by atoms with Crippen LogP contribution in [0.3, 0.4) is 0 Å². The third-order valence-corrected chi connectivity index (χ3v) is 12.0. The van der Waals surface area contributed by atoms with Crippen LogP contribution in [0.15, 0.2) is 116 Å². The Morgan fingerprint density at radius 3 is 2.38 bits per heavy atom. The van der Waals surface area contributed by atoms with Gasteiger partial charge in [0.15, 0.2) is 11.5 Å². The molecule has 0 radical (unpaired) electrons. The van der Waals surface area contributed by atoms with Crippen molar-refractivity contribution in [2.45, 2.75) is 67.0 Å². The molecule has 2 N–H and O–H groups in total. The molecule has 1 spiro atoms. The molecular weight excluding hydrogens is 665 g/mol. The average molecular weight is 707 g/mol. The monoisotopic (exact) mass is 706 g/mol. The number of aromatic hydroxyl groups is 1. The van der Waals surface area contributed by atoms with Crippen molar-refractivity contribution in [3.05, 3.63) is 149 Å². The number of hydrogen-bond donors (Lipinski definition) is 2. The molecule has 0 aromatic heterocycles. The first-order valence-electron chi connectivity index (χ1n) is 17.9. The van der Waals surface area contributed by atoms with E-state index >= 15 is 0 Å². The molecule has 2 aliphatic carbocycles. The number of amides is 1. The van der Waals surface area contributed by atoms with Crippen molar-refractivity contribution in [2.24, 2.45) is 0 Å². The lowest BCUT2D eigenvalue weighted by Crippen LogP contribution is -2.78. The number of piperidine rings is 1. The van der Waals surface area contributed by atoms with Gasteiger partial charge in [-0.2, -0.15) is 13.2 Å². The number of hydrogen-bond acceptors (Lipinski definition) is 5. The van der Waals surface area contributed by atoms with Gasteiger partial charge < -0.3 is 19.8 Å². The number of carbonyl (C=O) groups is 1. The van der Waals surface area contributed by atoms with Gasteiger partial charge in [-0.05, 0) is 78.8 Å². The van der Waals surface area contributed by atoms with E-state index in [1.807, 2.05) is 72.8 Å². The highest BCUT2D eigenvalue weighted by Gasteiger charge is 2.73. The molecule has 4 aromatic carbocycles. The zero-order chi connectivity index (χ0) is 36.3. The van der Waals surface area contributed by atoms with E-state index in [-0.39, 0.29) is 35.7 Å². The number of alkyl halides is 3. The zero-order valence-electron chi connectivity index (χ0n) is 28.7. The van der Waals surface area contributed by atoms with E-state index in [0.29, 0.717) is 44.5 Å². The lowest BCUT2D eigenvalue weighted by atomic mass is 9.48. The number of likely N-dealkylation sites (tertiary alicyclic amines) is 1. The van der Waals surface area contributed by atoms with Gasteiger partial charge in [0.1, 0.15) is 6.10 Å². The number of benzene rings is 4. The number of phenols is 1. The molecule has 6 nitrogen and oxygen atoms in total. The average Bonchev–Trinajstić information content (AvgIpc) is 3.50. The van der Waals surface area contributed by atoms with Crippen molar-refractivity contribution in [3.8, 4) is 11.5 Å². The number of halogens is 3. The normalized spacial score (nSPS) is 26.2. The van der Waals surface area contributed by atoms with Crippen LogP contribution < -0.4 is 4.74 Å². The number of carbonyl (C=O) groups excluding carboxylic acids is 1. The Kier molecular flexibility index (Phi) is 8.54. The Morgan fingerprint density at radius 2 is 1.71 bits per heavy atom. The molecule has 2 heterocycles. The summed E-state index contributed by atoms with van der Waals surface area (Å²) in [5, 5.41) is 24.2. The number of rotatable bonds is 9. The van der Waals surface area contributed by atoms with Crippen LogP contribution in [0.4, 0.5) is 13.2 Å². The molecule has 0 unspecified atom stereocenters. The van der Waals surface area contributed by atoms with Crippen LogP contribution in [0.25, 0.3) is 6.08 Å². The van der Waals surface area contributed by atoms with Gasteiger partial charge in [0.25, 0.3) is 0 Å². The Bertz CT molecular complexity index is 1980. The van der Waals surface area contributed by atoms with Crippen LogP contribution in [-0.2, 0) is 22.8 Å². The Hall–Kier alpha value is -4.86. The van der Waals surface area contributed by atoms with Gasteiger partial charge in [0.2, 0.25) is 5.91 Å². The number of nitrogens with zero attached hydrogens (tertiary/aromatic N) is 2. The second-order valence-corrected chi connectivity index (χ2v) is 14.6. The van der Waals surface area contributed by atoms with Crippen LogP contribution in [0.2, 0.25) is 0 Å². The number of ether oxygens (including phenoxy) is 1. The Balaban J connectivity index is 1.24. The van der Waals surface area contributed by atoms with E-state index < -0.39 is 34.9 Å². The van der Waals surface area contributed by atoms with Crippen molar-refractivity contribution in [1.29, 1.82) is 0 Å². The van der Waals surface area contributed by atoms with Crippen LogP contribution in [0.1, 0.15) is 58.6 Å². The second kappa shape index (κ2) is 13.0. The first kappa shape index (κ1) is 34.2. The van der Waals surface area contributed by atoms with Crippen molar-refractivity contribution < 1.29 is 32.9 Å². The van der Waals surface area contributed by atoms with Gasteiger partial charge in [0.05, 0.1) is 22.6 Å². The minimum absolute atomic E-state index is 0.00404. The molecule has 4 aliphatic rings. The molecule has 9 heteroatoms. The minimum atomic E-state index is -4.52. The molecular formula is C43H41F3N2O4. The highest BCUT2D eigenvalue weighted by Crippen LogP contribution is 2.66. The maximum absolute atomic E-state index is 14.7. The summed E-state index contributed by atoms with van der Waals surface area (Å²) in [5.74, 6) is -0.239. The predicted octanol–water partition coefficient (Wildman–Crippen LogP) is 7.49. The fourth-order valence-corrected chi connectivity index (χ4v) is 9.75. The largest absolute Gasteiger partial charge is 0.504 e. The summed E-state index contributed by atoms with van der Waals surface area (Å²) < 4.78 is 47.6. The van der Waals surface area contributed by atoms with Crippen molar-refractivity contribution in [1.82, 2.24) is 9.80 Å². The summed E-state index contributed by atoms with van der Waals surface area (Å²) in [5.41, 5.74) is 1.25. The quantitative estimate of drug-likeness (QED) is 0.139. The summed E-state index contributed by atoms with van der Waals surface area (Å²) in [7, 11) is 0. The third kappa shape index (κ3) is 5.44. The molecule has 1 saturated heterocycles. The van der Waals surface area contributed by atoms with E-state index in [2.05, 4.69) is 11.5 Å². The molecule has 1 saturated carbocycles. The van der Waals surface area contributed by atoms with Gasteiger partial charge in [-0.15, -0.1) is 6.58 Å². The van der Waals surface area contributed by atoms with Gasteiger partial charge >= 0.3 is 6.18 Å². The number of aliphatic hydroxyl groups is 1. The predicted molar refractivity (Wildman–Crippen MR) is 193 cm³/mol. The summed E-state index contributed by atoms with van der Waals surface area (Å²) in [6.45, 7) is 5.52. The third-order valence-electron chi connectivity index (χ3n) is 12.0. The highest BCUT2D eigenvalue weighted by atomic mass is 19.4. The standard InChI is InChI=1S/C43H41F3N2O4/c1-2-23-47-24-22-41-38-31-17-18-35(49)39(38)52-40(41)34(20-21-42(41,51)36(47)26-31)48(37(50)19-16-28-10-9-15-32(25-28)43(44,45)46)27-33(29-11-5-3-6-12-29)30-13-7-4-8-14-30/h2-19,25,33-34,36,40,49,51H,1,20-24,26-27H2/t34-,36-,40+,41+,42-/m1/s1. The topological polar surface area (TPSA) is 73.2 Å². The van der Waals surface area contributed by atoms with E-state index in [0.717, 1.165) is 34.4 Å². The maximum atomic E-state index is 14.7. The highest BCUT2D eigenvalue weighted by molar-refractivity contribution is 5.92. The van der Waals surface area contributed by atoms with E-state index in [1.165, 1.54) is 18.2 Å². The van der Waals surface area contributed by atoms with E-state index in [9.17, 15) is 28.2 Å². The summed E-state index contributed by atoms with van der Waals surface area (Å²) >= 11 is 0. The lowest BCUT2D eigenvalue weighted by molar-refractivity contribution is -0.199. The first-order valence-corrected chi connectivity index (χ1v) is 17.9. The maximum Gasteiger partial charge on any atom is 0.416 e. The van der Waals surface area contributed by atoms with Gasteiger partial charge in [-0.1, -0.05) is 84.9 Å². The van der Waals surface area contributed by atoms with Crippen LogP contribution >= 0.6 is 0 Å². The molecule has 52 heavy (non-hydrogen) atoms. The fourth-order valence-electron chi connectivity index (χ4n) is 9.75. The molecule has 2 fully saturated rings. The smallest absolute Gasteiger partial charge is 0.416 e. The van der Waals surface area contributed by atoms with Crippen molar-refractivity contribution in [3.63, 3.8) is 0 Å².